The molecule has 0 radical (unpaired) electrons. The highest BCUT2D eigenvalue weighted by Gasteiger charge is 2.14. The number of halogens is 1. The Hall–Kier alpha value is -2.02. The van der Waals surface area contributed by atoms with Crippen LogP contribution in [-0.2, 0) is 10.0 Å². The van der Waals surface area contributed by atoms with E-state index in [4.69, 9.17) is 16.3 Å². The fourth-order valence-electron chi connectivity index (χ4n) is 1.67. The van der Waals surface area contributed by atoms with Crippen LogP contribution in [0, 0.1) is 0 Å². The van der Waals surface area contributed by atoms with Crippen LogP contribution in [0.2, 0.25) is 5.02 Å². The number of hydrogen-bond acceptors (Lipinski definition) is 4. The Morgan fingerprint density at radius 1 is 1.09 bits per heavy atom. The summed E-state index contributed by atoms with van der Waals surface area (Å²) in [5.41, 5.74) is 3.71. The summed E-state index contributed by atoms with van der Waals surface area (Å²) in [4.78, 5) is 2.39. The van der Waals surface area contributed by atoms with Gasteiger partial charge in [-0.25, -0.2) is 8.42 Å². The maximum Gasteiger partial charge on any atom is 0.257 e. The van der Waals surface area contributed by atoms with E-state index in [1.807, 2.05) is 0 Å². The Morgan fingerprint density at radius 2 is 1.68 bits per heavy atom. The molecule has 0 fully saturated rings. The Labute approximate surface area is 134 Å². The molecule has 0 bridgehead atoms. The molecule has 0 aliphatic heterocycles. The molecule has 2 aromatic rings. The summed E-state index contributed by atoms with van der Waals surface area (Å²) in [5.74, 6) is 0.581. The van der Waals surface area contributed by atoms with E-state index in [2.05, 4.69) is 16.8 Å². The molecule has 2 aromatic carbocycles. The van der Waals surface area contributed by atoms with Gasteiger partial charge < -0.3 is 10.2 Å². The lowest BCUT2D eigenvalue weighted by Crippen LogP contribution is -2.35. The molecule has 2 rings (SSSR count). The zero-order valence-electron chi connectivity index (χ0n) is 11.8. The standard InChI is InChI=1S/C15H15ClN2O3S/c1-11(12-3-5-13(16)6-4-12)17-18-22(19,20)15-9-7-14(21-2)8-10-15/h3-10,17-18H,1H2,2H3. The first-order valence-corrected chi connectivity index (χ1v) is 8.15. The van der Waals surface area contributed by atoms with Gasteiger partial charge in [-0.1, -0.05) is 30.3 Å². The fraction of sp³-hybridized carbons (Fsp3) is 0.0667. The molecule has 0 aliphatic carbocycles. The summed E-state index contributed by atoms with van der Waals surface area (Å²) >= 11 is 5.80. The third-order valence-corrected chi connectivity index (χ3v) is 4.41. The fourth-order valence-corrected chi connectivity index (χ4v) is 2.66. The molecule has 0 aromatic heterocycles. The summed E-state index contributed by atoms with van der Waals surface area (Å²) in [6, 6.07) is 12.9. The molecule has 5 nitrogen and oxygen atoms in total. The highest BCUT2D eigenvalue weighted by Crippen LogP contribution is 2.16. The van der Waals surface area contributed by atoms with E-state index < -0.39 is 10.0 Å². The monoisotopic (exact) mass is 338 g/mol. The maximum atomic E-state index is 12.1. The smallest absolute Gasteiger partial charge is 0.257 e. The van der Waals surface area contributed by atoms with Crippen molar-refractivity contribution in [3.05, 3.63) is 65.7 Å². The second-order valence-electron chi connectivity index (χ2n) is 4.39. The summed E-state index contributed by atoms with van der Waals surface area (Å²) in [6.07, 6.45) is 0. The van der Waals surface area contributed by atoms with E-state index in [1.54, 1.807) is 36.4 Å². The molecule has 116 valence electrons. The molecule has 0 saturated carbocycles. The van der Waals surface area contributed by atoms with Gasteiger partial charge in [-0.2, -0.15) is 0 Å². The van der Waals surface area contributed by atoms with Crippen molar-refractivity contribution < 1.29 is 13.2 Å². The third kappa shape index (κ3) is 4.00. The Balaban J connectivity index is 2.05. The first-order chi connectivity index (χ1) is 10.4. The van der Waals surface area contributed by atoms with Gasteiger partial charge in [0.1, 0.15) is 5.75 Å². The number of hydrogen-bond donors (Lipinski definition) is 2. The number of methoxy groups -OCH3 is 1. The van der Waals surface area contributed by atoms with Gasteiger partial charge in [0.2, 0.25) is 0 Å². The molecule has 2 N–H and O–H groups in total. The van der Waals surface area contributed by atoms with Crippen LogP contribution in [-0.4, -0.2) is 15.5 Å². The van der Waals surface area contributed by atoms with Gasteiger partial charge in [0.25, 0.3) is 10.0 Å². The zero-order valence-corrected chi connectivity index (χ0v) is 13.4. The lowest BCUT2D eigenvalue weighted by Gasteiger charge is -2.12. The Bertz CT molecular complexity index is 756. The Morgan fingerprint density at radius 3 is 2.23 bits per heavy atom. The molecular formula is C15H15ClN2O3S. The van der Waals surface area contributed by atoms with Crippen molar-refractivity contribution in [2.45, 2.75) is 4.90 Å². The van der Waals surface area contributed by atoms with Crippen molar-refractivity contribution in [1.29, 1.82) is 0 Å². The van der Waals surface area contributed by atoms with Crippen LogP contribution in [0.5, 0.6) is 5.75 Å². The summed E-state index contributed by atoms with van der Waals surface area (Å²) in [5, 5.41) is 0.593. The highest BCUT2D eigenvalue weighted by atomic mass is 35.5. The second kappa shape index (κ2) is 6.83. The minimum Gasteiger partial charge on any atom is -0.497 e. The average Bonchev–Trinajstić information content (AvgIpc) is 2.53. The number of rotatable bonds is 6. The molecule has 0 saturated heterocycles. The van der Waals surface area contributed by atoms with Crippen LogP contribution in [0.1, 0.15) is 5.56 Å². The number of sulfonamides is 1. The van der Waals surface area contributed by atoms with Crippen molar-refractivity contribution >= 4 is 27.3 Å². The maximum absolute atomic E-state index is 12.1. The lowest BCUT2D eigenvalue weighted by molar-refractivity contribution is 0.414. The van der Waals surface area contributed by atoms with Crippen LogP contribution in [0.4, 0.5) is 0 Å². The molecule has 7 heteroatoms. The van der Waals surface area contributed by atoms with Crippen molar-refractivity contribution in [3.63, 3.8) is 0 Å². The molecular weight excluding hydrogens is 324 g/mol. The molecule has 0 aliphatic rings. The molecule has 22 heavy (non-hydrogen) atoms. The topological polar surface area (TPSA) is 67.4 Å². The van der Waals surface area contributed by atoms with Gasteiger partial charge in [0.15, 0.2) is 0 Å². The van der Waals surface area contributed by atoms with E-state index in [9.17, 15) is 8.42 Å². The minimum absolute atomic E-state index is 0.115. The normalized spacial score (nSPS) is 11.0. The average molecular weight is 339 g/mol. The summed E-state index contributed by atoms with van der Waals surface area (Å²) in [7, 11) is -2.19. The lowest BCUT2D eigenvalue weighted by atomic mass is 10.2. The molecule has 0 amide bonds. The zero-order chi connectivity index (χ0) is 16.2. The van der Waals surface area contributed by atoms with Gasteiger partial charge in [0.05, 0.1) is 12.0 Å². The van der Waals surface area contributed by atoms with Gasteiger partial charge >= 0.3 is 0 Å². The van der Waals surface area contributed by atoms with Crippen LogP contribution in [0.15, 0.2) is 60.0 Å². The van der Waals surface area contributed by atoms with Crippen LogP contribution >= 0.6 is 11.6 Å². The van der Waals surface area contributed by atoms with Crippen molar-refractivity contribution in [2.75, 3.05) is 7.11 Å². The number of hydrazine groups is 1. The van der Waals surface area contributed by atoms with Gasteiger partial charge in [0, 0.05) is 10.7 Å². The van der Waals surface area contributed by atoms with Crippen LogP contribution < -0.4 is 15.0 Å². The van der Waals surface area contributed by atoms with Crippen LogP contribution in [0.3, 0.4) is 0 Å². The minimum atomic E-state index is -3.70. The Kier molecular flexibility index (Phi) is 5.07. The largest absolute Gasteiger partial charge is 0.497 e. The molecule has 0 heterocycles. The molecule has 0 spiro atoms. The predicted molar refractivity (Wildman–Crippen MR) is 86.9 cm³/mol. The molecule has 0 atom stereocenters. The van der Waals surface area contributed by atoms with E-state index in [0.29, 0.717) is 16.5 Å². The highest BCUT2D eigenvalue weighted by molar-refractivity contribution is 7.89. The first kappa shape index (κ1) is 16.4. The number of nitrogens with one attached hydrogen (secondary N) is 2. The van der Waals surface area contributed by atoms with Gasteiger partial charge in [-0.15, -0.1) is 4.83 Å². The third-order valence-electron chi connectivity index (χ3n) is 2.90. The van der Waals surface area contributed by atoms with E-state index in [0.717, 1.165) is 5.56 Å². The molecule has 0 unspecified atom stereocenters. The summed E-state index contributed by atoms with van der Waals surface area (Å²) in [6.45, 7) is 3.78. The second-order valence-corrected chi connectivity index (χ2v) is 6.51. The van der Waals surface area contributed by atoms with Crippen molar-refractivity contribution in [3.8, 4) is 5.75 Å². The van der Waals surface area contributed by atoms with Crippen molar-refractivity contribution in [2.24, 2.45) is 0 Å². The quantitative estimate of drug-likeness (QED) is 0.795. The number of ether oxygens (including phenoxy) is 1. The SMILES string of the molecule is C=C(NNS(=O)(=O)c1ccc(OC)cc1)c1ccc(Cl)cc1. The van der Waals surface area contributed by atoms with Gasteiger partial charge in [-0.3, -0.25) is 0 Å². The summed E-state index contributed by atoms with van der Waals surface area (Å²) < 4.78 is 29.3. The predicted octanol–water partition coefficient (Wildman–Crippen LogP) is 2.80. The van der Waals surface area contributed by atoms with E-state index in [1.165, 1.54) is 19.2 Å². The van der Waals surface area contributed by atoms with Gasteiger partial charge in [-0.05, 0) is 42.0 Å². The van der Waals surface area contributed by atoms with E-state index >= 15 is 0 Å². The first-order valence-electron chi connectivity index (χ1n) is 6.29. The van der Waals surface area contributed by atoms with Crippen LogP contribution in [0.25, 0.3) is 5.70 Å². The van der Waals surface area contributed by atoms with E-state index in [-0.39, 0.29) is 4.90 Å². The number of benzene rings is 2. The van der Waals surface area contributed by atoms with Crippen molar-refractivity contribution in [1.82, 2.24) is 10.3 Å².